The number of piperidine rings is 1. The predicted octanol–water partition coefficient (Wildman–Crippen LogP) is 2.73. The molecule has 6 heteroatoms. The van der Waals surface area contributed by atoms with Gasteiger partial charge in [0.25, 0.3) is 11.8 Å². The van der Waals surface area contributed by atoms with E-state index >= 15 is 0 Å². The summed E-state index contributed by atoms with van der Waals surface area (Å²) in [5.41, 5.74) is 1.49. The third-order valence-electron chi connectivity index (χ3n) is 5.46. The lowest BCUT2D eigenvalue weighted by Gasteiger charge is -2.42. The van der Waals surface area contributed by atoms with Crippen LogP contribution >= 0.6 is 0 Å². The van der Waals surface area contributed by atoms with Crippen LogP contribution in [-0.2, 0) is 4.79 Å². The van der Waals surface area contributed by atoms with Crippen molar-refractivity contribution in [2.45, 2.75) is 25.3 Å². The Morgan fingerprint density at radius 1 is 0.963 bits per heavy atom. The van der Waals surface area contributed by atoms with Crippen LogP contribution in [0.1, 0.15) is 28.8 Å². The number of likely N-dealkylation sites (tertiary alicyclic amines) is 1. The van der Waals surface area contributed by atoms with Gasteiger partial charge in [0.05, 0.1) is 0 Å². The molecule has 0 bridgehead atoms. The number of rotatable bonds is 2. The van der Waals surface area contributed by atoms with Crippen LogP contribution in [0.4, 0.5) is 10.5 Å². The van der Waals surface area contributed by atoms with E-state index in [9.17, 15) is 14.4 Å². The number of anilines is 1. The minimum atomic E-state index is -0.931. The molecule has 2 aromatic carbocycles. The summed E-state index contributed by atoms with van der Waals surface area (Å²) in [5.74, 6) is -0.322. The van der Waals surface area contributed by atoms with E-state index in [1.165, 1.54) is 0 Å². The average Bonchev–Trinajstić information content (AvgIpc) is 2.93. The molecule has 4 amide bonds. The van der Waals surface area contributed by atoms with Crippen LogP contribution in [0.3, 0.4) is 0 Å². The Kier molecular flexibility index (Phi) is 4.18. The van der Waals surface area contributed by atoms with Crippen molar-refractivity contribution in [2.24, 2.45) is 0 Å². The first-order chi connectivity index (χ1) is 13.0. The standard InChI is InChI=1S/C21H21N3O3/c1-15-7-9-17(10-8-15)24-20(27)22-19(26)21(24)11-13-23(14-12-21)18(25)16-5-3-2-4-6-16/h2-10H,11-14H2,1H3,(H,22,26,27). The lowest BCUT2D eigenvalue weighted by molar-refractivity contribution is -0.124. The Morgan fingerprint density at radius 2 is 1.59 bits per heavy atom. The summed E-state index contributed by atoms with van der Waals surface area (Å²) in [6.07, 6.45) is 0.827. The lowest BCUT2D eigenvalue weighted by atomic mass is 9.85. The summed E-state index contributed by atoms with van der Waals surface area (Å²) in [4.78, 5) is 41.2. The summed E-state index contributed by atoms with van der Waals surface area (Å²) < 4.78 is 0. The van der Waals surface area contributed by atoms with Crippen LogP contribution in [0.15, 0.2) is 54.6 Å². The molecule has 4 rings (SSSR count). The number of urea groups is 1. The van der Waals surface area contributed by atoms with Gasteiger partial charge >= 0.3 is 6.03 Å². The van der Waals surface area contributed by atoms with Crippen LogP contribution in [0.5, 0.6) is 0 Å². The Morgan fingerprint density at radius 3 is 2.22 bits per heavy atom. The van der Waals surface area contributed by atoms with Gasteiger partial charge in [-0.25, -0.2) is 4.79 Å². The van der Waals surface area contributed by atoms with Gasteiger partial charge < -0.3 is 4.90 Å². The Balaban J connectivity index is 1.58. The molecule has 0 unspecified atom stereocenters. The highest BCUT2D eigenvalue weighted by Crippen LogP contribution is 2.37. The second-order valence-corrected chi connectivity index (χ2v) is 7.12. The quantitative estimate of drug-likeness (QED) is 0.834. The molecule has 0 aromatic heterocycles. The smallest absolute Gasteiger partial charge is 0.329 e. The molecule has 2 saturated heterocycles. The zero-order chi connectivity index (χ0) is 19.0. The van der Waals surface area contributed by atoms with Gasteiger partial charge in [0.1, 0.15) is 5.54 Å². The van der Waals surface area contributed by atoms with Gasteiger partial charge in [-0.05, 0) is 44.0 Å². The number of imide groups is 1. The van der Waals surface area contributed by atoms with Crippen molar-refractivity contribution in [3.05, 3.63) is 65.7 Å². The summed E-state index contributed by atoms with van der Waals surface area (Å²) in [6, 6.07) is 16.3. The number of aryl methyl sites for hydroxylation is 1. The minimum Gasteiger partial charge on any atom is -0.338 e. The predicted molar refractivity (Wildman–Crippen MR) is 102 cm³/mol. The maximum absolute atomic E-state index is 12.7. The van der Waals surface area contributed by atoms with Gasteiger partial charge in [-0.1, -0.05) is 35.9 Å². The fraction of sp³-hybridized carbons (Fsp3) is 0.286. The molecule has 27 heavy (non-hydrogen) atoms. The minimum absolute atomic E-state index is 0.0444. The molecule has 2 fully saturated rings. The van der Waals surface area contributed by atoms with Crippen LogP contribution in [-0.4, -0.2) is 41.4 Å². The van der Waals surface area contributed by atoms with E-state index in [4.69, 9.17) is 0 Å². The van der Waals surface area contributed by atoms with E-state index < -0.39 is 11.6 Å². The number of carbonyl (C=O) groups is 3. The highest BCUT2D eigenvalue weighted by atomic mass is 16.2. The largest absolute Gasteiger partial charge is 0.338 e. The Labute approximate surface area is 157 Å². The maximum atomic E-state index is 12.7. The fourth-order valence-electron chi connectivity index (χ4n) is 3.92. The van der Waals surface area contributed by atoms with Gasteiger partial charge in [-0.3, -0.25) is 19.8 Å². The van der Waals surface area contributed by atoms with E-state index in [-0.39, 0.29) is 11.8 Å². The summed E-state index contributed by atoms with van der Waals surface area (Å²) >= 11 is 0. The molecule has 1 spiro atoms. The number of nitrogens with one attached hydrogen (secondary N) is 1. The van der Waals surface area contributed by atoms with Crippen molar-refractivity contribution in [3.8, 4) is 0 Å². The fourth-order valence-corrected chi connectivity index (χ4v) is 3.92. The lowest BCUT2D eigenvalue weighted by Crippen LogP contribution is -2.57. The molecule has 2 aliphatic rings. The molecular weight excluding hydrogens is 342 g/mol. The van der Waals surface area contributed by atoms with Gasteiger partial charge in [0, 0.05) is 24.3 Å². The molecule has 0 radical (unpaired) electrons. The monoisotopic (exact) mass is 363 g/mol. The SMILES string of the molecule is Cc1ccc(N2C(=O)NC(=O)C23CCN(C(=O)c2ccccc2)CC3)cc1. The van der Waals surface area contributed by atoms with Crippen LogP contribution < -0.4 is 10.2 Å². The number of hydrogen-bond acceptors (Lipinski definition) is 3. The maximum Gasteiger partial charge on any atom is 0.329 e. The highest BCUT2D eigenvalue weighted by molar-refractivity contribution is 6.17. The van der Waals surface area contributed by atoms with Crippen molar-refractivity contribution in [1.82, 2.24) is 10.2 Å². The van der Waals surface area contributed by atoms with Crippen LogP contribution in [0.25, 0.3) is 0 Å². The van der Waals surface area contributed by atoms with Crippen molar-refractivity contribution < 1.29 is 14.4 Å². The van der Waals surface area contributed by atoms with E-state index in [1.54, 1.807) is 21.9 Å². The van der Waals surface area contributed by atoms with E-state index in [0.717, 1.165) is 5.56 Å². The number of carbonyl (C=O) groups excluding carboxylic acids is 3. The number of amides is 4. The highest BCUT2D eigenvalue weighted by Gasteiger charge is 2.55. The zero-order valence-corrected chi connectivity index (χ0v) is 15.1. The van der Waals surface area contributed by atoms with Gasteiger partial charge in [-0.15, -0.1) is 0 Å². The second-order valence-electron chi connectivity index (χ2n) is 7.12. The average molecular weight is 363 g/mol. The summed E-state index contributed by atoms with van der Waals surface area (Å²) in [7, 11) is 0. The number of benzene rings is 2. The Hall–Kier alpha value is -3.15. The molecule has 2 heterocycles. The van der Waals surface area contributed by atoms with Gasteiger partial charge in [0.2, 0.25) is 0 Å². The number of nitrogens with zero attached hydrogens (tertiary/aromatic N) is 2. The molecule has 2 aliphatic heterocycles. The first-order valence-corrected chi connectivity index (χ1v) is 9.08. The topological polar surface area (TPSA) is 69.7 Å². The van der Waals surface area contributed by atoms with E-state index in [0.29, 0.717) is 37.2 Å². The first kappa shape index (κ1) is 17.3. The molecule has 1 N–H and O–H groups in total. The van der Waals surface area contributed by atoms with Crippen LogP contribution in [0.2, 0.25) is 0 Å². The van der Waals surface area contributed by atoms with Crippen molar-refractivity contribution in [2.75, 3.05) is 18.0 Å². The molecule has 2 aromatic rings. The van der Waals surface area contributed by atoms with Crippen molar-refractivity contribution in [1.29, 1.82) is 0 Å². The number of hydrogen-bond donors (Lipinski definition) is 1. The molecule has 0 saturated carbocycles. The first-order valence-electron chi connectivity index (χ1n) is 9.08. The van der Waals surface area contributed by atoms with Gasteiger partial charge in [-0.2, -0.15) is 0 Å². The molecule has 0 aliphatic carbocycles. The molecular formula is C21H21N3O3. The summed E-state index contributed by atoms with van der Waals surface area (Å²) in [5, 5.41) is 2.46. The van der Waals surface area contributed by atoms with Crippen molar-refractivity contribution in [3.63, 3.8) is 0 Å². The molecule has 6 nitrogen and oxygen atoms in total. The second kappa shape index (κ2) is 6.54. The van der Waals surface area contributed by atoms with Crippen LogP contribution in [0, 0.1) is 6.92 Å². The third kappa shape index (κ3) is 2.87. The normalized spacial score (nSPS) is 18.7. The zero-order valence-electron chi connectivity index (χ0n) is 15.1. The third-order valence-corrected chi connectivity index (χ3v) is 5.46. The molecule has 0 atom stereocenters. The summed E-state index contributed by atoms with van der Waals surface area (Å²) in [6.45, 7) is 2.83. The van der Waals surface area contributed by atoms with Gasteiger partial charge in [0.15, 0.2) is 0 Å². The van der Waals surface area contributed by atoms with Crippen molar-refractivity contribution >= 4 is 23.5 Å². The van der Waals surface area contributed by atoms with E-state index in [2.05, 4.69) is 5.32 Å². The van der Waals surface area contributed by atoms with E-state index in [1.807, 2.05) is 49.4 Å². The molecule has 138 valence electrons. The Bertz CT molecular complexity index is 885.